The van der Waals surface area contributed by atoms with Gasteiger partial charge in [-0.3, -0.25) is 0 Å². The van der Waals surface area contributed by atoms with Crippen LogP contribution in [-0.2, 0) is 0 Å². The van der Waals surface area contributed by atoms with Gasteiger partial charge in [0, 0.05) is 0 Å². The predicted octanol–water partition coefficient (Wildman–Crippen LogP) is 3.55. The Labute approximate surface area is 109 Å². The summed E-state index contributed by atoms with van der Waals surface area (Å²) in [5.41, 5.74) is 0. The molecule has 0 radical (unpaired) electrons. The minimum atomic E-state index is 0. The highest BCUT2D eigenvalue weighted by Gasteiger charge is 1.91. The normalized spacial score (nSPS) is 8.94. The van der Waals surface area contributed by atoms with Crippen molar-refractivity contribution in [1.82, 2.24) is 5.32 Å². The third-order valence-electron chi connectivity index (χ3n) is 2.78. The van der Waals surface area contributed by atoms with Crippen molar-refractivity contribution >= 4 is 0 Å². The molecule has 0 amide bonds. The van der Waals surface area contributed by atoms with E-state index in [2.05, 4.69) is 25.1 Å². The average molecular weight is 243 g/mol. The minimum Gasteiger partial charge on any atom is -0.412 e. The van der Waals surface area contributed by atoms with Gasteiger partial charge >= 0.3 is 0 Å². The molecule has 0 saturated heterocycles. The van der Waals surface area contributed by atoms with E-state index < -0.39 is 0 Å². The number of rotatable bonds is 11. The van der Waals surface area contributed by atoms with Crippen molar-refractivity contribution in [3.8, 4) is 12.8 Å². The third-order valence-corrected chi connectivity index (χ3v) is 2.78. The van der Waals surface area contributed by atoms with E-state index in [1.54, 1.807) is 0 Å². The van der Waals surface area contributed by atoms with Gasteiger partial charge in [0.15, 0.2) is 0 Å². The maximum Gasteiger partial charge on any atom is -0.00519 e. The Kier molecular flexibility index (Phi) is 31.5. The second kappa shape index (κ2) is 24.6. The highest BCUT2D eigenvalue weighted by Crippen LogP contribution is 2.09. The van der Waals surface area contributed by atoms with Crippen LogP contribution < -0.4 is 5.32 Å². The lowest BCUT2D eigenvalue weighted by molar-refractivity contribution is 0.551. The Balaban J connectivity index is -0.000000616. The second-order valence-corrected chi connectivity index (χ2v) is 4.29. The zero-order chi connectivity index (χ0) is 12.5. The number of terminal acetylenes is 1. The van der Waals surface area contributed by atoms with Gasteiger partial charge in [-0.1, -0.05) is 64.7 Å². The first-order chi connectivity index (χ1) is 7.91. The summed E-state index contributed by atoms with van der Waals surface area (Å²) in [4.78, 5) is 0. The molecular weight excluding hydrogens is 210 g/mol. The minimum absolute atomic E-state index is 0. The second-order valence-electron chi connectivity index (χ2n) is 4.29. The molecule has 2 nitrogen and oxygen atoms in total. The van der Waals surface area contributed by atoms with Crippen LogP contribution in [0.15, 0.2) is 0 Å². The summed E-state index contributed by atoms with van der Waals surface area (Å²) in [6, 6.07) is 0. The highest BCUT2D eigenvalue weighted by atomic mass is 16.0. The molecule has 0 rings (SSSR count). The van der Waals surface area contributed by atoms with Gasteiger partial charge in [0.2, 0.25) is 0 Å². The first-order valence-electron chi connectivity index (χ1n) is 6.89. The molecule has 0 atom stereocenters. The van der Waals surface area contributed by atoms with Crippen molar-refractivity contribution < 1.29 is 5.48 Å². The molecular formula is C15H33NO. The van der Waals surface area contributed by atoms with E-state index in [0.29, 0.717) is 0 Å². The topological polar surface area (TPSA) is 43.5 Å². The van der Waals surface area contributed by atoms with Gasteiger partial charge in [0.1, 0.15) is 0 Å². The molecule has 0 aromatic rings. The smallest absolute Gasteiger partial charge is 0.00519 e. The van der Waals surface area contributed by atoms with Gasteiger partial charge in [-0.05, 0) is 20.0 Å². The Morgan fingerprint density at radius 3 is 1.41 bits per heavy atom. The maximum atomic E-state index is 4.00. The van der Waals surface area contributed by atoms with Crippen molar-refractivity contribution in [2.75, 3.05) is 13.6 Å². The summed E-state index contributed by atoms with van der Waals surface area (Å²) in [6.07, 6.45) is 22.3. The summed E-state index contributed by atoms with van der Waals surface area (Å²) in [6.45, 7) is 3.47. The number of hydrogen-bond acceptors (Lipinski definition) is 1. The Morgan fingerprint density at radius 1 is 0.706 bits per heavy atom. The van der Waals surface area contributed by atoms with Crippen LogP contribution in [0.2, 0.25) is 0 Å². The molecule has 0 bridgehead atoms. The van der Waals surface area contributed by atoms with E-state index >= 15 is 0 Å². The van der Waals surface area contributed by atoms with E-state index in [1.165, 1.54) is 70.8 Å². The number of nitrogens with one attached hydrogen (secondary N) is 1. The summed E-state index contributed by atoms with van der Waals surface area (Å²) < 4.78 is 0. The van der Waals surface area contributed by atoms with E-state index in [-0.39, 0.29) is 5.48 Å². The molecule has 104 valence electrons. The molecule has 0 aliphatic heterocycles. The molecule has 17 heavy (non-hydrogen) atoms. The molecule has 0 aromatic heterocycles. The molecule has 0 aromatic carbocycles. The van der Waals surface area contributed by atoms with E-state index in [4.69, 9.17) is 0 Å². The first kappa shape index (κ1) is 21.7. The summed E-state index contributed by atoms with van der Waals surface area (Å²) >= 11 is 0. The molecule has 0 spiro atoms. The lowest BCUT2D eigenvalue weighted by Gasteiger charge is -2.01. The molecule has 3 N–H and O–H groups in total. The average Bonchev–Trinajstić information content (AvgIpc) is 2.34. The van der Waals surface area contributed by atoms with Crippen molar-refractivity contribution in [2.24, 2.45) is 0 Å². The number of hydrogen-bond donors (Lipinski definition) is 1. The zero-order valence-electron chi connectivity index (χ0n) is 11.9. The van der Waals surface area contributed by atoms with Gasteiger partial charge in [-0.25, -0.2) is 0 Å². The summed E-state index contributed by atoms with van der Waals surface area (Å²) in [7, 11) is 2.04. The van der Waals surface area contributed by atoms with Crippen LogP contribution in [0.25, 0.3) is 0 Å². The van der Waals surface area contributed by atoms with Crippen LogP contribution in [0.3, 0.4) is 0 Å². The van der Waals surface area contributed by atoms with Crippen molar-refractivity contribution in [3.63, 3.8) is 0 Å². The monoisotopic (exact) mass is 243 g/mol. The molecule has 0 fully saturated rings. The van der Waals surface area contributed by atoms with E-state index in [1.807, 2.05) is 7.05 Å². The first-order valence-corrected chi connectivity index (χ1v) is 6.89. The predicted molar refractivity (Wildman–Crippen MR) is 79.3 cm³/mol. The van der Waals surface area contributed by atoms with E-state index in [0.717, 1.165) is 0 Å². The van der Waals surface area contributed by atoms with Crippen molar-refractivity contribution in [1.29, 1.82) is 0 Å². The van der Waals surface area contributed by atoms with Gasteiger partial charge in [0.25, 0.3) is 0 Å². The lowest BCUT2D eigenvalue weighted by atomic mass is 10.1. The largest absolute Gasteiger partial charge is 0.412 e. The zero-order valence-corrected chi connectivity index (χ0v) is 11.9. The molecule has 0 aliphatic rings. The Hall–Kier alpha value is -0.520. The van der Waals surface area contributed by atoms with Crippen LogP contribution in [0.4, 0.5) is 0 Å². The fourth-order valence-corrected chi connectivity index (χ4v) is 1.79. The van der Waals surface area contributed by atoms with Gasteiger partial charge in [-0.15, -0.1) is 12.8 Å². The summed E-state index contributed by atoms with van der Waals surface area (Å²) in [5, 5.41) is 3.19. The third kappa shape index (κ3) is 25.6. The molecule has 0 heterocycles. The van der Waals surface area contributed by atoms with Gasteiger partial charge in [-0.2, -0.15) is 0 Å². The molecule has 0 aliphatic carbocycles. The highest BCUT2D eigenvalue weighted by molar-refractivity contribution is 4.48. The van der Waals surface area contributed by atoms with Crippen LogP contribution in [0, 0.1) is 12.8 Å². The standard InChI is InChI=1S/C13H29N.C2H2.H2O/c1-3-4-5-6-7-8-9-10-11-12-13-14-2;1-2;/h14H,3-13H2,1-2H3;1-2H;1H2. The molecule has 0 saturated carbocycles. The molecule has 0 unspecified atom stereocenters. The Bertz CT molecular complexity index is 111. The van der Waals surface area contributed by atoms with Crippen LogP contribution in [-0.4, -0.2) is 19.1 Å². The maximum absolute atomic E-state index is 4.00. The Morgan fingerprint density at radius 2 is 1.06 bits per heavy atom. The summed E-state index contributed by atoms with van der Waals surface area (Å²) in [5.74, 6) is 0. The number of unbranched alkanes of at least 4 members (excludes halogenated alkanes) is 9. The van der Waals surface area contributed by atoms with Gasteiger partial charge < -0.3 is 10.8 Å². The van der Waals surface area contributed by atoms with Crippen molar-refractivity contribution in [3.05, 3.63) is 0 Å². The van der Waals surface area contributed by atoms with Crippen LogP contribution in [0.5, 0.6) is 0 Å². The SMILES string of the molecule is C#C.CCCCCCCCCCCCNC.O. The van der Waals surface area contributed by atoms with Crippen molar-refractivity contribution in [2.45, 2.75) is 71.1 Å². The fraction of sp³-hybridized carbons (Fsp3) is 0.867. The van der Waals surface area contributed by atoms with E-state index in [9.17, 15) is 0 Å². The van der Waals surface area contributed by atoms with Crippen LogP contribution >= 0.6 is 0 Å². The quantitative estimate of drug-likeness (QED) is 0.438. The van der Waals surface area contributed by atoms with Crippen LogP contribution in [0.1, 0.15) is 71.1 Å². The fourth-order valence-electron chi connectivity index (χ4n) is 1.79. The lowest BCUT2D eigenvalue weighted by Crippen LogP contribution is -2.06. The van der Waals surface area contributed by atoms with Gasteiger partial charge in [0.05, 0.1) is 0 Å². The molecule has 2 heteroatoms.